The zero-order valence-electron chi connectivity index (χ0n) is 10.6. The summed E-state index contributed by atoms with van der Waals surface area (Å²) in [6, 6.07) is 6.99. The number of nitrogens with zero attached hydrogens (tertiary/aromatic N) is 4. The van der Waals surface area contributed by atoms with Crippen molar-refractivity contribution in [1.29, 1.82) is 5.26 Å². The van der Waals surface area contributed by atoms with Crippen LogP contribution in [0.1, 0.15) is 11.4 Å². The van der Waals surface area contributed by atoms with Gasteiger partial charge in [0.05, 0.1) is 0 Å². The van der Waals surface area contributed by atoms with Crippen LogP contribution in [0.5, 0.6) is 0 Å². The van der Waals surface area contributed by atoms with Gasteiger partial charge in [-0.2, -0.15) is 10.5 Å². The third-order valence-electron chi connectivity index (χ3n) is 2.73. The minimum atomic E-state index is -1.55. The molecule has 0 atom stereocenters. The van der Waals surface area contributed by atoms with E-state index in [4.69, 9.17) is 5.26 Å². The third-order valence-corrected chi connectivity index (χ3v) is 2.73. The normalized spacial score (nSPS) is 11.0. The second-order valence-electron chi connectivity index (χ2n) is 3.94. The number of nitriles is 1. The molecule has 1 aromatic carbocycles. The van der Waals surface area contributed by atoms with Crippen LogP contribution in [-0.4, -0.2) is 37.8 Å². The summed E-state index contributed by atoms with van der Waals surface area (Å²) >= 11 is 0. The number of aromatic nitrogens is 4. The summed E-state index contributed by atoms with van der Waals surface area (Å²) in [4.78, 5) is 0. The van der Waals surface area contributed by atoms with Gasteiger partial charge >= 0.3 is 7.12 Å². The topological polar surface area (TPSA) is 131 Å². The average Bonchev–Trinajstić information content (AvgIpc) is 2.95. The number of H-pyrrole nitrogens is 1. The van der Waals surface area contributed by atoms with Crippen LogP contribution in [0.2, 0.25) is 0 Å². The molecule has 2 aromatic rings. The Bertz CT molecular complexity index is 662. The van der Waals surface area contributed by atoms with E-state index in [1.54, 1.807) is 25.1 Å². The highest BCUT2D eigenvalue weighted by molar-refractivity contribution is 6.59. The van der Waals surface area contributed by atoms with Crippen molar-refractivity contribution in [2.45, 2.75) is 6.92 Å². The maximum atomic E-state index is 9.23. The summed E-state index contributed by atoms with van der Waals surface area (Å²) in [5.74, 6) is 0.177. The molecule has 0 fully saturated rings. The van der Waals surface area contributed by atoms with Gasteiger partial charge in [0.15, 0.2) is 0 Å². The summed E-state index contributed by atoms with van der Waals surface area (Å²) in [5.41, 5.74) is 1.91. The van der Waals surface area contributed by atoms with Gasteiger partial charge in [-0.25, -0.2) is 0 Å². The van der Waals surface area contributed by atoms with Crippen LogP contribution in [0.3, 0.4) is 0 Å². The fourth-order valence-corrected chi connectivity index (χ4v) is 1.66. The Labute approximate surface area is 114 Å². The number of aromatic amines is 1. The van der Waals surface area contributed by atoms with E-state index in [1.165, 1.54) is 6.20 Å². The maximum Gasteiger partial charge on any atom is 0.488 e. The highest BCUT2D eigenvalue weighted by atomic mass is 16.4. The van der Waals surface area contributed by atoms with Crippen molar-refractivity contribution in [3.8, 4) is 6.07 Å². The molecule has 0 aliphatic carbocycles. The Morgan fingerprint density at radius 1 is 1.50 bits per heavy atom. The Kier molecular flexibility index (Phi) is 4.09. The van der Waals surface area contributed by atoms with Crippen LogP contribution in [0.25, 0.3) is 5.57 Å². The summed E-state index contributed by atoms with van der Waals surface area (Å²) in [7, 11) is -1.55. The van der Waals surface area contributed by atoms with Crippen molar-refractivity contribution in [2.24, 2.45) is 0 Å². The fraction of sp³-hybridized carbons (Fsp3) is 0.0909. The highest BCUT2D eigenvalue weighted by Gasteiger charge is 2.15. The first-order valence-electron chi connectivity index (χ1n) is 5.69. The number of rotatable bonds is 4. The summed E-state index contributed by atoms with van der Waals surface area (Å²) < 4.78 is 0. The lowest BCUT2D eigenvalue weighted by molar-refractivity contribution is 0.425. The lowest BCUT2D eigenvalue weighted by Crippen LogP contribution is -2.32. The number of hydrogen-bond donors (Lipinski definition) is 4. The molecule has 0 saturated carbocycles. The lowest BCUT2D eigenvalue weighted by Gasteiger charge is -2.10. The summed E-state index contributed by atoms with van der Waals surface area (Å²) in [6.07, 6.45) is 1.43. The van der Waals surface area contributed by atoms with Crippen LogP contribution >= 0.6 is 0 Å². The lowest BCUT2D eigenvalue weighted by atomic mass is 9.77. The van der Waals surface area contributed by atoms with E-state index < -0.39 is 7.12 Å². The first-order chi connectivity index (χ1) is 9.63. The smallest absolute Gasteiger partial charge is 0.423 e. The van der Waals surface area contributed by atoms with E-state index in [-0.39, 0.29) is 11.4 Å². The van der Waals surface area contributed by atoms with Gasteiger partial charge in [0.1, 0.15) is 11.6 Å². The van der Waals surface area contributed by atoms with E-state index in [0.717, 1.165) is 0 Å². The van der Waals surface area contributed by atoms with Crippen molar-refractivity contribution in [3.05, 3.63) is 35.8 Å². The minimum Gasteiger partial charge on any atom is -0.423 e. The van der Waals surface area contributed by atoms with Gasteiger partial charge in [0.25, 0.3) is 0 Å². The van der Waals surface area contributed by atoms with Gasteiger partial charge in [-0.05, 0) is 29.2 Å². The molecule has 0 unspecified atom stereocenters. The molecule has 4 N–H and O–H groups in total. The minimum absolute atomic E-state index is 0.177. The van der Waals surface area contributed by atoms with E-state index in [9.17, 15) is 10.0 Å². The molecule has 0 aliphatic heterocycles. The molecule has 0 aliphatic rings. The Balaban J connectivity index is 2.27. The zero-order valence-corrected chi connectivity index (χ0v) is 10.6. The number of tetrazole rings is 1. The number of nitrogens with one attached hydrogen (secondary N) is 2. The van der Waals surface area contributed by atoms with E-state index in [2.05, 4.69) is 25.9 Å². The van der Waals surface area contributed by atoms with Gasteiger partial charge in [-0.15, -0.1) is 10.2 Å². The van der Waals surface area contributed by atoms with Crippen molar-refractivity contribution >= 4 is 23.8 Å². The fourth-order valence-electron chi connectivity index (χ4n) is 1.66. The van der Waals surface area contributed by atoms with Gasteiger partial charge < -0.3 is 15.4 Å². The molecular formula is C11H11BN6O2. The molecule has 1 heterocycles. The number of benzene rings is 1. The molecule has 2 rings (SSSR count). The van der Waals surface area contributed by atoms with Crippen molar-refractivity contribution in [2.75, 3.05) is 5.32 Å². The van der Waals surface area contributed by atoms with E-state index in [0.29, 0.717) is 16.7 Å². The van der Waals surface area contributed by atoms with Gasteiger partial charge in [0, 0.05) is 11.9 Å². The Hall–Kier alpha value is -2.70. The van der Waals surface area contributed by atoms with Gasteiger partial charge in [-0.3, -0.25) is 0 Å². The number of allylic oxidation sites excluding steroid dienone is 1. The number of anilines is 1. The molecule has 9 heteroatoms. The predicted molar refractivity (Wildman–Crippen MR) is 72.4 cm³/mol. The molecule has 0 radical (unpaired) electrons. The molecule has 0 bridgehead atoms. The molecule has 8 nitrogen and oxygen atoms in total. The quantitative estimate of drug-likeness (QED) is 0.421. The standard InChI is InChI=1S/C11H11BN6O2/c1-7-9(12(19)20)3-2-4-10(7)14-6-8(5-13)11-15-17-18-16-11/h2-4,6,14,19-20H,1H3,(H,15,16,17,18). The largest absolute Gasteiger partial charge is 0.488 e. The maximum absolute atomic E-state index is 9.23. The second kappa shape index (κ2) is 5.96. The third kappa shape index (κ3) is 2.82. The molecule has 0 spiro atoms. The van der Waals surface area contributed by atoms with Crippen LogP contribution in [0, 0.1) is 18.3 Å². The van der Waals surface area contributed by atoms with Crippen LogP contribution in [-0.2, 0) is 0 Å². The predicted octanol–water partition coefficient (Wildman–Crippen LogP) is -0.836. The molecule has 0 amide bonds. The van der Waals surface area contributed by atoms with Crippen LogP contribution in [0.4, 0.5) is 5.69 Å². The number of hydrogen-bond acceptors (Lipinski definition) is 7. The SMILES string of the molecule is Cc1c(NC=C(C#N)c2nn[nH]n2)cccc1B(O)O. The first-order valence-corrected chi connectivity index (χ1v) is 5.69. The molecule has 20 heavy (non-hydrogen) atoms. The van der Waals surface area contributed by atoms with Crippen molar-refractivity contribution in [3.63, 3.8) is 0 Å². The van der Waals surface area contributed by atoms with E-state index >= 15 is 0 Å². The van der Waals surface area contributed by atoms with E-state index in [1.807, 2.05) is 6.07 Å². The Morgan fingerprint density at radius 2 is 2.30 bits per heavy atom. The van der Waals surface area contributed by atoms with Crippen molar-refractivity contribution in [1.82, 2.24) is 20.6 Å². The van der Waals surface area contributed by atoms with Crippen molar-refractivity contribution < 1.29 is 10.0 Å². The average molecular weight is 270 g/mol. The highest BCUT2D eigenvalue weighted by Crippen LogP contribution is 2.14. The second-order valence-corrected chi connectivity index (χ2v) is 3.94. The first kappa shape index (κ1) is 13.7. The molecule has 1 aromatic heterocycles. The Morgan fingerprint density at radius 3 is 2.90 bits per heavy atom. The zero-order chi connectivity index (χ0) is 14.5. The molecule has 0 saturated heterocycles. The van der Waals surface area contributed by atoms with Crippen LogP contribution < -0.4 is 10.8 Å². The van der Waals surface area contributed by atoms with Gasteiger partial charge in [-0.1, -0.05) is 12.1 Å². The molecular weight excluding hydrogens is 259 g/mol. The van der Waals surface area contributed by atoms with Gasteiger partial charge in [0.2, 0.25) is 5.82 Å². The summed E-state index contributed by atoms with van der Waals surface area (Å²) in [6.45, 7) is 1.74. The van der Waals surface area contributed by atoms with Crippen LogP contribution in [0.15, 0.2) is 24.4 Å². The monoisotopic (exact) mass is 270 g/mol. The molecule has 100 valence electrons. The summed E-state index contributed by atoms with van der Waals surface area (Å²) in [5, 5.41) is 43.5.